The summed E-state index contributed by atoms with van der Waals surface area (Å²) in [6, 6.07) is 9.42. The molecule has 0 fully saturated rings. The Hall–Kier alpha value is -6.00. The Morgan fingerprint density at radius 1 is 0.565 bits per heavy atom. The number of nitrogens with one attached hydrogen (secondary N) is 7. The molecule has 7 atom stereocenters. The second-order valence-electron chi connectivity index (χ2n) is 14.6. The number of carbonyl (C=O) groups is 8. The zero-order valence-corrected chi connectivity index (χ0v) is 34.8. The first-order valence-corrected chi connectivity index (χ1v) is 20.4. The van der Waals surface area contributed by atoms with Crippen LogP contribution in [0.4, 0.5) is 0 Å². The molecule has 0 spiro atoms. The Balaban J connectivity index is 2.01. The van der Waals surface area contributed by atoms with Crippen molar-refractivity contribution in [2.45, 2.75) is 101 Å². The van der Waals surface area contributed by atoms with Gasteiger partial charge in [-0.25, -0.2) is 4.79 Å². The first-order chi connectivity index (χ1) is 29.6. The van der Waals surface area contributed by atoms with Gasteiger partial charge in [0.15, 0.2) is 0 Å². The minimum atomic E-state index is -1.58. The molecule has 342 valence electrons. The lowest BCUT2D eigenvalue weighted by Crippen LogP contribution is -2.59. The van der Waals surface area contributed by atoms with E-state index in [9.17, 15) is 53.7 Å². The maximum atomic E-state index is 13.4. The minimum Gasteiger partial charge on any atom is -0.480 e. The molecule has 21 nitrogen and oxygen atoms in total. The van der Waals surface area contributed by atoms with E-state index in [4.69, 9.17) is 17.2 Å². The van der Waals surface area contributed by atoms with Crippen LogP contribution in [-0.2, 0) is 51.2 Å². The van der Waals surface area contributed by atoms with E-state index in [1.54, 1.807) is 60.7 Å². The van der Waals surface area contributed by atoms with Gasteiger partial charge in [-0.2, -0.15) is 0 Å². The monoisotopic (exact) mass is 870 g/mol. The van der Waals surface area contributed by atoms with Crippen molar-refractivity contribution in [3.63, 3.8) is 0 Å². The van der Waals surface area contributed by atoms with Crippen LogP contribution in [0.25, 0.3) is 0 Å². The van der Waals surface area contributed by atoms with Crippen LogP contribution < -0.4 is 54.4 Å². The molecule has 0 saturated heterocycles. The van der Waals surface area contributed by atoms with E-state index in [0.29, 0.717) is 49.8 Å². The first-order valence-electron chi connectivity index (χ1n) is 20.4. The fourth-order valence-electron chi connectivity index (χ4n) is 5.98. The van der Waals surface area contributed by atoms with Crippen LogP contribution in [-0.4, -0.2) is 138 Å². The van der Waals surface area contributed by atoms with Gasteiger partial charge in [-0.05, 0) is 63.2 Å². The molecule has 2 aromatic rings. The third-order valence-electron chi connectivity index (χ3n) is 9.46. The second kappa shape index (κ2) is 28.5. The summed E-state index contributed by atoms with van der Waals surface area (Å²) < 4.78 is 0. The quantitative estimate of drug-likeness (QED) is 0.0349. The summed E-state index contributed by atoms with van der Waals surface area (Å²) in [6.45, 7) is -0.351. The number of aliphatic hydroxyl groups excluding tert-OH is 2. The van der Waals surface area contributed by atoms with Gasteiger partial charge in [0.2, 0.25) is 41.4 Å². The number of hydrogen-bond acceptors (Lipinski definition) is 13. The summed E-state index contributed by atoms with van der Waals surface area (Å²) in [5, 5.41) is 46.7. The SMILES string of the molecule is CC(O)C(NC(=O)C(N)CCCCN)C(=O)NC(CCCCN)C(=O)NCC(=O)NC(CO)C(=O)NCC(=O)NC(Cc1ccccc1)C(=O)NC(Cc1ccccc1)C(=O)O. The second-order valence-corrected chi connectivity index (χ2v) is 14.6. The van der Waals surface area contributed by atoms with Crippen LogP contribution >= 0.6 is 0 Å². The van der Waals surface area contributed by atoms with Gasteiger partial charge in [-0.1, -0.05) is 67.1 Å². The number of carboxylic acids is 1. The number of rotatable bonds is 29. The van der Waals surface area contributed by atoms with Gasteiger partial charge in [-0.15, -0.1) is 0 Å². The van der Waals surface area contributed by atoms with E-state index >= 15 is 0 Å². The van der Waals surface area contributed by atoms with Crippen molar-refractivity contribution in [2.75, 3.05) is 32.8 Å². The lowest BCUT2D eigenvalue weighted by Gasteiger charge is -2.26. The van der Waals surface area contributed by atoms with E-state index in [2.05, 4.69) is 37.2 Å². The number of aliphatic carboxylic acids is 1. The minimum absolute atomic E-state index is 0.0220. The molecule has 62 heavy (non-hydrogen) atoms. The molecule has 0 aliphatic carbocycles. The predicted octanol–water partition coefficient (Wildman–Crippen LogP) is -3.83. The molecular formula is C41H62N10O11. The van der Waals surface area contributed by atoms with Gasteiger partial charge in [0.05, 0.1) is 31.8 Å². The van der Waals surface area contributed by atoms with Gasteiger partial charge >= 0.3 is 5.97 Å². The Morgan fingerprint density at radius 3 is 1.52 bits per heavy atom. The average Bonchev–Trinajstić information content (AvgIpc) is 3.25. The van der Waals surface area contributed by atoms with E-state index in [1.807, 2.05) is 0 Å². The largest absolute Gasteiger partial charge is 0.480 e. The number of hydrogen-bond donors (Lipinski definition) is 13. The van der Waals surface area contributed by atoms with E-state index in [0.717, 1.165) is 0 Å². The summed E-state index contributed by atoms with van der Waals surface area (Å²) in [5.74, 6) is -7.22. The highest BCUT2D eigenvalue weighted by Gasteiger charge is 2.32. The number of nitrogens with two attached hydrogens (primary N) is 3. The smallest absolute Gasteiger partial charge is 0.326 e. The maximum Gasteiger partial charge on any atom is 0.326 e. The summed E-state index contributed by atoms with van der Waals surface area (Å²) in [4.78, 5) is 103. The van der Waals surface area contributed by atoms with Crippen LogP contribution in [0.3, 0.4) is 0 Å². The number of carboxylic acid groups (broad SMARTS) is 1. The maximum absolute atomic E-state index is 13.4. The highest BCUT2D eigenvalue weighted by molar-refractivity contribution is 5.96. The van der Waals surface area contributed by atoms with E-state index in [1.165, 1.54) is 6.92 Å². The van der Waals surface area contributed by atoms with Crippen LogP contribution in [0.15, 0.2) is 60.7 Å². The molecule has 7 amide bonds. The van der Waals surface area contributed by atoms with Crippen molar-refractivity contribution in [1.82, 2.24) is 37.2 Å². The molecule has 0 saturated carbocycles. The lowest BCUT2D eigenvalue weighted by atomic mass is 10.0. The molecule has 21 heteroatoms. The Bertz CT molecular complexity index is 1750. The average molecular weight is 871 g/mol. The van der Waals surface area contributed by atoms with Crippen LogP contribution in [0.1, 0.15) is 56.6 Å². The summed E-state index contributed by atoms with van der Waals surface area (Å²) in [5.41, 5.74) is 18.3. The van der Waals surface area contributed by atoms with E-state index in [-0.39, 0.29) is 25.8 Å². The molecule has 0 bridgehead atoms. The van der Waals surface area contributed by atoms with Gasteiger partial charge in [0.25, 0.3) is 0 Å². The molecule has 0 aliphatic rings. The number of amides is 7. The molecule has 16 N–H and O–H groups in total. The summed E-state index contributed by atoms with van der Waals surface area (Å²) in [6.07, 6.45) is 1.02. The van der Waals surface area contributed by atoms with Crippen LogP contribution in [0, 0.1) is 0 Å². The molecule has 0 aliphatic heterocycles. The predicted molar refractivity (Wildman–Crippen MR) is 226 cm³/mol. The van der Waals surface area contributed by atoms with Gasteiger partial charge in [-0.3, -0.25) is 33.6 Å². The third-order valence-corrected chi connectivity index (χ3v) is 9.46. The lowest BCUT2D eigenvalue weighted by molar-refractivity contribution is -0.142. The standard InChI is InChI=1S/C41H62N10O11/c1-25(53)35(51-36(56)28(44)16-8-10-18-42)40(60)49-29(17-9-11-19-43)37(57)45-23-34(55)48-32(24-52)38(58)46-22-33(54)47-30(20-26-12-4-2-5-13-26)39(59)50-31(41(61)62)21-27-14-6-3-7-15-27/h2-7,12-15,25,28-32,35,52-53H,8-11,16-24,42-44H2,1H3,(H,45,57)(H,46,58)(H,47,54)(H,48,55)(H,49,60)(H,50,59)(H,51,56)(H,61,62). The number of aliphatic hydroxyl groups is 2. The molecule has 2 rings (SSSR count). The third kappa shape index (κ3) is 19.6. The zero-order valence-electron chi connectivity index (χ0n) is 34.8. The molecule has 7 unspecified atom stereocenters. The van der Waals surface area contributed by atoms with Crippen molar-refractivity contribution < 1.29 is 53.7 Å². The van der Waals surface area contributed by atoms with Crippen molar-refractivity contribution in [3.8, 4) is 0 Å². The number of benzene rings is 2. The fourth-order valence-corrected chi connectivity index (χ4v) is 5.98. The van der Waals surface area contributed by atoms with Gasteiger partial charge < -0.3 is 69.7 Å². The molecule has 0 aromatic heterocycles. The summed E-state index contributed by atoms with van der Waals surface area (Å²) in [7, 11) is 0. The Morgan fingerprint density at radius 2 is 1.03 bits per heavy atom. The van der Waals surface area contributed by atoms with Crippen LogP contribution in [0.2, 0.25) is 0 Å². The number of unbranched alkanes of at least 4 members (excludes halogenated alkanes) is 2. The zero-order chi connectivity index (χ0) is 46.0. The fraction of sp³-hybridized carbons (Fsp3) is 0.512. The topological polar surface area (TPSA) is 360 Å². The molecule has 0 radical (unpaired) electrons. The highest BCUT2D eigenvalue weighted by atomic mass is 16.4. The van der Waals surface area contributed by atoms with Crippen LogP contribution in [0.5, 0.6) is 0 Å². The number of carbonyl (C=O) groups excluding carboxylic acids is 7. The molecule has 0 heterocycles. The van der Waals surface area contributed by atoms with Crippen molar-refractivity contribution >= 4 is 47.3 Å². The highest BCUT2D eigenvalue weighted by Crippen LogP contribution is 2.08. The van der Waals surface area contributed by atoms with E-state index < -0.39 is 109 Å². The first kappa shape index (κ1) is 52.1. The Kier molecular flexibility index (Phi) is 24.0. The van der Waals surface area contributed by atoms with Gasteiger partial charge in [0, 0.05) is 12.8 Å². The molecular weight excluding hydrogens is 809 g/mol. The van der Waals surface area contributed by atoms with Gasteiger partial charge in [0.1, 0.15) is 30.2 Å². The summed E-state index contributed by atoms with van der Waals surface area (Å²) >= 11 is 0. The van der Waals surface area contributed by atoms with Crippen molar-refractivity contribution in [3.05, 3.63) is 71.8 Å². The van der Waals surface area contributed by atoms with Crippen molar-refractivity contribution in [1.29, 1.82) is 0 Å². The normalized spacial score (nSPS) is 14.3. The van der Waals surface area contributed by atoms with Crippen molar-refractivity contribution in [2.24, 2.45) is 17.2 Å². The Labute approximate surface area is 360 Å². The molecule has 2 aromatic carbocycles.